The number of nitrogens with zero attached hydrogens (tertiary/aromatic N) is 2. The first-order valence-electron chi connectivity index (χ1n) is 10.8. The summed E-state index contributed by atoms with van der Waals surface area (Å²) in [5.41, 5.74) is 0.773. The Morgan fingerprint density at radius 3 is 2.63 bits per heavy atom. The Morgan fingerprint density at radius 1 is 1.30 bits per heavy atom. The van der Waals surface area contributed by atoms with Crippen molar-refractivity contribution in [2.24, 2.45) is 11.8 Å². The van der Waals surface area contributed by atoms with E-state index in [9.17, 15) is 13.5 Å². The lowest BCUT2D eigenvalue weighted by atomic mass is 10.0. The molecule has 166 valence electrons. The molecule has 0 bridgehead atoms. The highest BCUT2D eigenvalue weighted by Crippen LogP contribution is 2.34. The fraction of sp³-hybridized carbons (Fsp3) is 0.652. The van der Waals surface area contributed by atoms with Crippen LogP contribution in [0.4, 0.5) is 0 Å². The molecule has 1 aromatic carbocycles. The zero-order chi connectivity index (χ0) is 21.9. The smallest absolute Gasteiger partial charge is 0.247 e. The van der Waals surface area contributed by atoms with E-state index in [-0.39, 0.29) is 23.5 Å². The third-order valence-electron chi connectivity index (χ3n) is 5.99. The maximum Gasteiger partial charge on any atom is 0.247 e. The summed E-state index contributed by atoms with van der Waals surface area (Å²) in [7, 11) is 0.153. The van der Waals surface area contributed by atoms with Crippen molar-refractivity contribution >= 4 is 10.0 Å². The van der Waals surface area contributed by atoms with Crippen LogP contribution < -0.4 is 4.74 Å². The van der Waals surface area contributed by atoms with Crippen LogP contribution >= 0.6 is 0 Å². The molecule has 0 unspecified atom stereocenters. The minimum atomic E-state index is -3.80. The zero-order valence-corrected chi connectivity index (χ0v) is 19.3. The first-order chi connectivity index (χ1) is 14.2. The Kier molecular flexibility index (Phi) is 7.46. The fourth-order valence-corrected chi connectivity index (χ4v) is 5.96. The fourth-order valence-electron chi connectivity index (χ4n) is 4.14. The maximum absolute atomic E-state index is 13.4. The summed E-state index contributed by atoms with van der Waals surface area (Å²) >= 11 is 0. The average Bonchev–Trinajstić information content (AvgIpc) is 3.21. The summed E-state index contributed by atoms with van der Waals surface area (Å²) in [4.78, 5) is 2.19. The molecular formula is C23H34N2O4S. The molecular weight excluding hydrogens is 400 g/mol. The zero-order valence-electron chi connectivity index (χ0n) is 18.5. The molecule has 1 aliphatic carbocycles. The van der Waals surface area contributed by atoms with Gasteiger partial charge in [0.15, 0.2) is 0 Å². The van der Waals surface area contributed by atoms with Crippen LogP contribution in [0.5, 0.6) is 5.75 Å². The molecule has 3 rings (SSSR count). The second-order valence-electron chi connectivity index (χ2n) is 8.91. The molecule has 3 atom stereocenters. The lowest BCUT2D eigenvalue weighted by Crippen LogP contribution is -2.49. The van der Waals surface area contributed by atoms with Gasteiger partial charge in [-0.2, -0.15) is 4.31 Å². The summed E-state index contributed by atoms with van der Waals surface area (Å²) in [5, 5.41) is 9.68. The van der Waals surface area contributed by atoms with E-state index in [1.54, 1.807) is 25.1 Å². The quantitative estimate of drug-likeness (QED) is 0.738. The molecule has 1 N–H and O–H groups in total. The highest BCUT2D eigenvalue weighted by atomic mass is 32.2. The van der Waals surface area contributed by atoms with Crippen LogP contribution in [-0.2, 0) is 10.0 Å². The molecule has 0 saturated heterocycles. The van der Waals surface area contributed by atoms with Gasteiger partial charge in [-0.3, -0.25) is 0 Å². The molecule has 7 heteroatoms. The van der Waals surface area contributed by atoms with Gasteiger partial charge in [0.25, 0.3) is 0 Å². The summed E-state index contributed by atoms with van der Waals surface area (Å²) in [6.07, 6.45) is 4.56. The van der Waals surface area contributed by atoms with Gasteiger partial charge in [0.05, 0.1) is 6.61 Å². The van der Waals surface area contributed by atoms with E-state index in [4.69, 9.17) is 4.74 Å². The third-order valence-corrected chi connectivity index (χ3v) is 8.01. The predicted octanol–water partition coefficient (Wildman–Crippen LogP) is 2.56. The van der Waals surface area contributed by atoms with Gasteiger partial charge in [-0.15, -0.1) is 0 Å². The van der Waals surface area contributed by atoms with E-state index < -0.39 is 16.1 Å². The van der Waals surface area contributed by atoms with Gasteiger partial charge in [-0.1, -0.05) is 31.6 Å². The van der Waals surface area contributed by atoms with Crippen molar-refractivity contribution in [1.29, 1.82) is 0 Å². The number of rotatable bonds is 4. The van der Waals surface area contributed by atoms with Gasteiger partial charge < -0.3 is 14.7 Å². The Hall–Kier alpha value is -1.59. The highest BCUT2D eigenvalue weighted by molar-refractivity contribution is 7.89. The van der Waals surface area contributed by atoms with Crippen molar-refractivity contribution in [2.75, 3.05) is 33.8 Å². The van der Waals surface area contributed by atoms with Crippen molar-refractivity contribution in [2.45, 2.75) is 56.6 Å². The largest absolute Gasteiger partial charge is 0.487 e. The van der Waals surface area contributed by atoms with Crippen molar-refractivity contribution in [3.05, 3.63) is 23.8 Å². The second kappa shape index (κ2) is 9.69. The molecule has 0 aromatic heterocycles. The van der Waals surface area contributed by atoms with Crippen LogP contribution in [0.2, 0.25) is 0 Å². The van der Waals surface area contributed by atoms with Crippen LogP contribution in [0.1, 0.15) is 45.1 Å². The van der Waals surface area contributed by atoms with E-state index in [1.165, 1.54) is 17.1 Å². The van der Waals surface area contributed by atoms with Gasteiger partial charge >= 0.3 is 0 Å². The monoisotopic (exact) mass is 434 g/mol. The summed E-state index contributed by atoms with van der Waals surface area (Å²) < 4.78 is 34.5. The first kappa shape index (κ1) is 23.1. The number of sulfonamides is 1. The minimum Gasteiger partial charge on any atom is -0.487 e. The SMILES string of the molecule is C[C@@H]1CN([C@@H](C)CO)S(=O)(=O)c2ccc(C#CC3CCCC3)cc2O[C@@H]1CN(C)C. The van der Waals surface area contributed by atoms with E-state index >= 15 is 0 Å². The van der Waals surface area contributed by atoms with Crippen molar-refractivity contribution in [3.63, 3.8) is 0 Å². The standard InChI is InChI=1S/C23H34N2O4S/c1-17-14-25(18(2)16-26)30(27,28)23-12-11-20(10-9-19-7-5-6-8-19)13-21(23)29-22(17)15-24(3)4/h11-13,17-19,22,26H,5-8,14-16H2,1-4H3/t17-,18+,22-/m1/s1. The third kappa shape index (κ3) is 5.17. The molecule has 0 spiro atoms. The van der Waals surface area contributed by atoms with E-state index in [2.05, 4.69) is 11.8 Å². The van der Waals surface area contributed by atoms with Gasteiger partial charge in [-0.05, 0) is 52.1 Å². The number of hydrogen-bond donors (Lipinski definition) is 1. The molecule has 0 amide bonds. The van der Waals surface area contributed by atoms with E-state index in [1.807, 2.05) is 25.9 Å². The molecule has 1 aliphatic heterocycles. The van der Waals surface area contributed by atoms with Crippen LogP contribution in [0.3, 0.4) is 0 Å². The molecule has 0 radical (unpaired) electrons. The van der Waals surface area contributed by atoms with Gasteiger partial charge in [-0.25, -0.2) is 8.42 Å². The van der Waals surface area contributed by atoms with Crippen LogP contribution in [0, 0.1) is 23.7 Å². The van der Waals surface area contributed by atoms with Crippen LogP contribution in [0.15, 0.2) is 23.1 Å². The number of hydrogen-bond acceptors (Lipinski definition) is 5. The molecule has 1 aromatic rings. The number of benzene rings is 1. The van der Waals surface area contributed by atoms with Crippen LogP contribution in [0.25, 0.3) is 0 Å². The lowest BCUT2D eigenvalue weighted by Gasteiger charge is -2.37. The molecule has 1 heterocycles. The van der Waals surface area contributed by atoms with Gasteiger partial charge in [0.2, 0.25) is 10.0 Å². The van der Waals surface area contributed by atoms with E-state index in [0.29, 0.717) is 24.8 Å². The summed E-state index contributed by atoms with van der Waals surface area (Å²) in [6, 6.07) is 4.61. The Morgan fingerprint density at radius 2 is 2.00 bits per heavy atom. The van der Waals surface area contributed by atoms with Crippen molar-refractivity contribution < 1.29 is 18.3 Å². The molecule has 6 nitrogen and oxygen atoms in total. The normalized spacial score (nSPS) is 25.5. The Labute approximate surface area is 181 Å². The Bertz CT molecular complexity index is 898. The van der Waals surface area contributed by atoms with E-state index in [0.717, 1.165) is 18.4 Å². The van der Waals surface area contributed by atoms with Crippen molar-refractivity contribution in [1.82, 2.24) is 9.21 Å². The second-order valence-corrected chi connectivity index (χ2v) is 10.8. The summed E-state index contributed by atoms with van der Waals surface area (Å²) in [6.45, 7) is 4.46. The first-order valence-corrected chi connectivity index (χ1v) is 12.3. The molecule has 1 fully saturated rings. The number of ether oxygens (including phenoxy) is 1. The molecule has 2 aliphatic rings. The number of aliphatic hydroxyl groups is 1. The van der Waals surface area contributed by atoms with Crippen molar-refractivity contribution in [3.8, 4) is 17.6 Å². The predicted molar refractivity (Wildman–Crippen MR) is 118 cm³/mol. The average molecular weight is 435 g/mol. The number of aliphatic hydroxyl groups excluding tert-OH is 1. The highest BCUT2D eigenvalue weighted by Gasteiger charge is 2.37. The minimum absolute atomic E-state index is 0.0439. The van der Waals surface area contributed by atoms with Gasteiger partial charge in [0, 0.05) is 36.5 Å². The summed E-state index contributed by atoms with van der Waals surface area (Å²) in [5.74, 6) is 7.29. The topological polar surface area (TPSA) is 70.1 Å². The Balaban J connectivity index is 2.04. The van der Waals surface area contributed by atoms with Crippen LogP contribution in [-0.4, -0.2) is 68.7 Å². The molecule has 30 heavy (non-hydrogen) atoms. The maximum atomic E-state index is 13.4. The molecule has 1 saturated carbocycles. The number of likely N-dealkylation sites (N-methyl/N-ethyl adjacent to an activating group) is 1. The van der Waals surface area contributed by atoms with Gasteiger partial charge in [0.1, 0.15) is 16.7 Å². The lowest BCUT2D eigenvalue weighted by molar-refractivity contribution is 0.0812. The number of fused-ring (bicyclic) bond motifs is 1.